The SMILES string of the molecule is Cc1nc(-c2cnccn2)sc1C(=O)NN1C(=O)CSC1c1ccccc1F. The van der Waals surface area contributed by atoms with Crippen molar-refractivity contribution in [1.29, 1.82) is 0 Å². The van der Waals surface area contributed by atoms with Gasteiger partial charge in [0.25, 0.3) is 11.8 Å². The topological polar surface area (TPSA) is 88.1 Å². The molecule has 1 fully saturated rings. The van der Waals surface area contributed by atoms with Crippen LogP contribution >= 0.6 is 23.1 Å². The average Bonchev–Trinajstić information content (AvgIpc) is 3.26. The number of halogens is 1. The first-order valence-corrected chi connectivity index (χ1v) is 10.1. The molecule has 2 amide bonds. The number of hydrogen-bond donors (Lipinski definition) is 1. The van der Waals surface area contributed by atoms with Crippen LogP contribution in [0.15, 0.2) is 42.9 Å². The highest BCUT2D eigenvalue weighted by molar-refractivity contribution is 8.00. The van der Waals surface area contributed by atoms with Crippen molar-refractivity contribution >= 4 is 34.9 Å². The molecule has 0 bridgehead atoms. The lowest BCUT2D eigenvalue weighted by Crippen LogP contribution is -2.44. The molecule has 3 aromatic rings. The molecule has 2 aromatic heterocycles. The zero-order chi connectivity index (χ0) is 19.7. The van der Waals surface area contributed by atoms with Crippen molar-refractivity contribution < 1.29 is 14.0 Å². The van der Waals surface area contributed by atoms with Crippen LogP contribution in [0.1, 0.15) is 26.3 Å². The second-order valence-electron chi connectivity index (χ2n) is 5.91. The molecule has 3 heterocycles. The molecule has 4 rings (SSSR count). The van der Waals surface area contributed by atoms with E-state index in [0.717, 1.165) is 11.3 Å². The van der Waals surface area contributed by atoms with Gasteiger partial charge in [-0.1, -0.05) is 18.2 Å². The van der Waals surface area contributed by atoms with Crippen molar-refractivity contribution in [2.75, 3.05) is 5.75 Å². The third-order valence-electron chi connectivity index (χ3n) is 4.05. The number of carbonyl (C=O) groups excluding carboxylic acids is 2. The lowest BCUT2D eigenvalue weighted by Gasteiger charge is -2.24. The Morgan fingerprint density at radius 2 is 2.14 bits per heavy atom. The van der Waals surface area contributed by atoms with Gasteiger partial charge in [0.15, 0.2) is 0 Å². The van der Waals surface area contributed by atoms with Crippen LogP contribution in [0.25, 0.3) is 10.7 Å². The summed E-state index contributed by atoms with van der Waals surface area (Å²) in [6.45, 7) is 1.71. The molecule has 142 valence electrons. The van der Waals surface area contributed by atoms with E-state index in [2.05, 4.69) is 20.4 Å². The lowest BCUT2D eigenvalue weighted by molar-refractivity contribution is -0.130. The number of nitrogens with zero attached hydrogens (tertiary/aromatic N) is 4. The van der Waals surface area contributed by atoms with E-state index in [1.165, 1.54) is 22.8 Å². The Balaban J connectivity index is 1.58. The molecule has 10 heteroatoms. The molecule has 0 saturated carbocycles. The van der Waals surface area contributed by atoms with Crippen molar-refractivity contribution in [3.63, 3.8) is 0 Å². The van der Waals surface area contributed by atoms with Gasteiger partial charge in [0.05, 0.1) is 17.6 Å². The van der Waals surface area contributed by atoms with Gasteiger partial charge in [-0.2, -0.15) is 0 Å². The summed E-state index contributed by atoms with van der Waals surface area (Å²) in [4.78, 5) is 38.0. The van der Waals surface area contributed by atoms with Crippen LogP contribution in [0, 0.1) is 12.7 Å². The summed E-state index contributed by atoms with van der Waals surface area (Å²) in [6, 6.07) is 6.22. The van der Waals surface area contributed by atoms with Gasteiger partial charge < -0.3 is 0 Å². The molecule has 28 heavy (non-hydrogen) atoms. The Hall–Kier alpha value is -2.85. The van der Waals surface area contributed by atoms with Crippen LogP contribution in [0.3, 0.4) is 0 Å². The molecule has 1 unspecified atom stereocenters. The monoisotopic (exact) mass is 415 g/mol. The van der Waals surface area contributed by atoms with E-state index >= 15 is 0 Å². The Kier molecular flexibility index (Phi) is 5.05. The van der Waals surface area contributed by atoms with E-state index in [1.54, 1.807) is 43.7 Å². The van der Waals surface area contributed by atoms with Gasteiger partial charge in [0.2, 0.25) is 0 Å². The van der Waals surface area contributed by atoms with Crippen molar-refractivity contribution in [2.24, 2.45) is 0 Å². The second kappa shape index (κ2) is 7.64. The number of benzene rings is 1. The number of amides is 2. The van der Waals surface area contributed by atoms with Crippen molar-refractivity contribution in [2.45, 2.75) is 12.3 Å². The zero-order valence-corrected chi connectivity index (χ0v) is 16.3. The van der Waals surface area contributed by atoms with Crippen LogP contribution in [-0.2, 0) is 4.79 Å². The third kappa shape index (κ3) is 3.48. The summed E-state index contributed by atoms with van der Waals surface area (Å²) in [6.07, 6.45) is 4.66. The van der Waals surface area contributed by atoms with Gasteiger partial charge in [-0.3, -0.25) is 25.0 Å². The molecule has 0 aliphatic carbocycles. The molecule has 1 aliphatic heterocycles. The predicted octanol–water partition coefficient (Wildman–Crippen LogP) is 2.97. The number of nitrogens with one attached hydrogen (secondary N) is 1. The Bertz CT molecular complexity index is 1040. The summed E-state index contributed by atoms with van der Waals surface area (Å²) in [5.41, 5.74) is 4.05. The quantitative estimate of drug-likeness (QED) is 0.705. The molecule has 1 saturated heterocycles. The molecule has 0 radical (unpaired) electrons. The summed E-state index contributed by atoms with van der Waals surface area (Å²) in [5, 5.41) is 1.13. The molecule has 1 atom stereocenters. The van der Waals surface area contributed by atoms with E-state index < -0.39 is 17.1 Å². The molecule has 1 aromatic carbocycles. The number of aromatic nitrogens is 3. The lowest BCUT2D eigenvalue weighted by atomic mass is 10.2. The number of rotatable bonds is 4. The Morgan fingerprint density at radius 1 is 1.32 bits per heavy atom. The zero-order valence-electron chi connectivity index (χ0n) is 14.6. The van der Waals surface area contributed by atoms with E-state index in [4.69, 9.17) is 0 Å². The number of thiazole rings is 1. The first kappa shape index (κ1) is 18.5. The van der Waals surface area contributed by atoms with Crippen LogP contribution in [0.5, 0.6) is 0 Å². The van der Waals surface area contributed by atoms with Gasteiger partial charge in [0, 0.05) is 18.0 Å². The van der Waals surface area contributed by atoms with Gasteiger partial charge in [-0.25, -0.2) is 14.4 Å². The summed E-state index contributed by atoms with van der Waals surface area (Å²) in [5.74, 6) is -1.02. The number of thioether (sulfide) groups is 1. The predicted molar refractivity (Wildman–Crippen MR) is 104 cm³/mol. The minimum Gasteiger partial charge on any atom is -0.272 e. The maximum absolute atomic E-state index is 14.2. The standard InChI is InChI=1S/C18H14FN5O2S2/c1-10-15(28-17(22-10)13-8-20-6-7-21-13)16(26)23-24-14(25)9-27-18(24)11-4-2-3-5-12(11)19/h2-8,18H,9H2,1H3,(H,23,26). The fourth-order valence-corrected chi connectivity index (χ4v) is 4.78. The van der Waals surface area contributed by atoms with E-state index in [0.29, 0.717) is 26.8 Å². The smallest absolute Gasteiger partial charge is 0.272 e. The minimum absolute atomic E-state index is 0.159. The fourth-order valence-electron chi connectivity index (χ4n) is 2.74. The number of carbonyl (C=O) groups is 2. The largest absolute Gasteiger partial charge is 0.281 e. The highest BCUT2D eigenvalue weighted by Crippen LogP contribution is 2.38. The summed E-state index contributed by atoms with van der Waals surface area (Å²) >= 11 is 2.42. The normalized spacial score (nSPS) is 16.4. The van der Waals surface area contributed by atoms with E-state index in [1.807, 2.05) is 0 Å². The molecular weight excluding hydrogens is 401 g/mol. The molecule has 0 spiro atoms. The first-order chi connectivity index (χ1) is 13.5. The Labute approximate surface area is 168 Å². The summed E-state index contributed by atoms with van der Waals surface area (Å²) < 4.78 is 14.2. The van der Waals surface area contributed by atoms with Gasteiger partial charge >= 0.3 is 0 Å². The highest BCUT2D eigenvalue weighted by Gasteiger charge is 2.36. The molecule has 1 N–H and O–H groups in total. The van der Waals surface area contributed by atoms with Crippen LogP contribution in [-0.4, -0.2) is 37.5 Å². The molecule has 7 nitrogen and oxygen atoms in total. The number of aryl methyl sites for hydroxylation is 1. The van der Waals surface area contributed by atoms with Crippen molar-refractivity contribution in [1.82, 2.24) is 25.4 Å². The van der Waals surface area contributed by atoms with Crippen molar-refractivity contribution in [3.05, 3.63) is 64.8 Å². The average molecular weight is 415 g/mol. The fraction of sp³-hybridized carbons (Fsp3) is 0.167. The van der Waals surface area contributed by atoms with Gasteiger partial charge in [0.1, 0.15) is 26.8 Å². The highest BCUT2D eigenvalue weighted by atomic mass is 32.2. The van der Waals surface area contributed by atoms with Gasteiger partial charge in [-0.05, 0) is 13.0 Å². The number of hydrazine groups is 1. The summed E-state index contributed by atoms with van der Waals surface area (Å²) in [7, 11) is 0. The van der Waals surface area contributed by atoms with Crippen LogP contribution < -0.4 is 5.43 Å². The maximum atomic E-state index is 14.2. The van der Waals surface area contributed by atoms with Crippen LogP contribution in [0.4, 0.5) is 4.39 Å². The first-order valence-electron chi connectivity index (χ1n) is 8.27. The van der Waals surface area contributed by atoms with Crippen LogP contribution in [0.2, 0.25) is 0 Å². The maximum Gasteiger partial charge on any atom is 0.281 e. The van der Waals surface area contributed by atoms with E-state index in [-0.39, 0.29) is 11.7 Å². The molecule has 1 aliphatic rings. The Morgan fingerprint density at radius 3 is 2.89 bits per heavy atom. The minimum atomic E-state index is -0.620. The molecular formula is C18H14FN5O2S2. The second-order valence-corrected chi connectivity index (χ2v) is 7.98. The van der Waals surface area contributed by atoms with Gasteiger partial charge in [-0.15, -0.1) is 23.1 Å². The third-order valence-corrected chi connectivity index (χ3v) is 6.42. The number of hydrogen-bond acceptors (Lipinski definition) is 7. The van der Waals surface area contributed by atoms with Crippen molar-refractivity contribution in [3.8, 4) is 10.7 Å². The van der Waals surface area contributed by atoms with E-state index in [9.17, 15) is 14.0 Å².